The number of hydrogen-bond acceptors (Lipinski definition) is 3. The largest absolute Gasteiger partial charge is 0.392 e. The van der Waals surface area contributed by atoms with Crippen molar-refractivity contribution in [2.75, 3.05) is 0 Å². The van der Waals surface area contributed by atoms with Gasteiger partial charge in [-0.1, -0.05) is 28.1 Å². The molecule has 16 heavy (non-hydrogen) atoms. The fourth-order valence-corrected chi connectivity index (χ4v) is 3.02. The van der Waals surface area contributed by atoms with Crippen molar-refractivity contribution >= 4 is 27.9 Å². The van der Waals surface area contributed by atoms with Crippen molar-refractivity contribution < 1.29 is 14.3 Å². The highest BCUT2D eigenvalue weighted by Crippen LogP contribution is 2.54. The molecule has 1 saturated carbocycles. The first-order chi connectivity index (χ1) is 7.64. The van der Waals surface area contributed by atoms with E-state index in [1.165, 1.54) is 0 Å². The molecule has 0 bridgehead atoms. The van der Waals surface area contributed by atoms with Gasteiger partial charge >= 0.3 is 11.9 Å². The maximum atomic E-state index is 11.8. The van der Waals surface area contributed by atoms with Gasteiger partial charge in [0.25, 0.3) is 0 Å². The van der Waals surface area contributed by atoms with Gasteiger partial charge in [0.05, 0.1) is 5.92 Å². The maximum absolute atomic E-state index is 11.8. The fraction of sp³-hybridized carbons (Fsp3) is 0.333. The average Bonchev–Trinajstić information content (AvgIpc) is 2.31. The quantitative estimate of drug-likeness (QED) is 0.585. The number of benzene rings is 1. The fourth-order valence-electron chi connectivity index (χ4n) is 2.62. The van der Waals surface area contributed by atoms with Crippen LogP contribution >= 0.6 is 15.9 Å². The number of hydrogen-bond donors (Lipinski definition) is 0. The number of carbonyl (C=O) groups excluding carboxylic acids is 2. The van der Waals surface area contributed by atoms with Gasteiger partial charge in [0.1, 0.15) is 5.41 Å². The van der Waals surface area contributed by atoms with Gasteiger partial charge in [-0.25, -0.2) is 0 Å². The summed E-state index contributed by atoms with van der Waals surface area (Å²) in [5, 5.41) is 0. The highest BCUT2D eigenvalue weighted by Gasteiger charge is 2.64. The van der Waals surface area contributed by atoms with Crippen molar-refractivity contribution in [2.24, 2.45) is 5.92 Å². The number of halogens is 1. The highest BCUT2D eigenvalue weighted by molar-refractivity contribution is 9.10. The Bertz CT molecular complexity index is 497. The first kappa shape index (κ1) is 10.0. The molecule has 82 valence electrons. The molecule has 4 heteroatoms. The summed E-state index contributed by atoms with van der Waals surface area (Å²) in [5.41, 5.74) is 0.190. The van der Waals surface area contributed by atoms with Crippen LogP contribution in [0.2, 0.25) is 0 Å². The second-order valence-corrected chi connectivity index (χ2v) is 5.20. The topological polar surface area (TPSA) is 43.4 Å². The molecule has 0 spiro atoms. The number of cyclic esters (lactones) is 2. The molecule has 1 saturated heterocycles. The summed E-state index contributed by atoms with van der Waals surface area (Å²) < 4.78 is 5.67. The zero-order valence-electron chi connectivity index (χ0n) is 8.40. The van der Waals surface area contributed by atoms with Crippen molar-refractivity contribution in [3.63, 3.8) is 0 Å². The Kier molecular flexibility index (Phi) is 1.98. The van der Waals surface area contributed by atoms with Gasteiger partial charge in [-0.05, 0) is 30.5 Å². The van der Waals surface area contributed by atoms with E-state index in [1.807, 2.05) is 24.3 Å². The summed E-state index contributed by atoms with van der Waals surface area (Å²) in [6.07, 6.45) is 1.45. The molecule has 1 heterocycles. The molecule has 3 nitrogen and oxygen atoms in total. The number of fused-ring (bicyclic) bond motifs is 1. The monoisotopic (exact) mass is 280 g/mol. The molecule has 2 fully saturated rings. The van der Waals surface area contributed by atoms with Gasteiger partial charge in [0.15, 0.2) is 0 Å². The number of esters is 2. The molecule has 2 unspecified atom stereocenters. The van der Waals surface area contributed by atoms with Crippen LogP contribution in [0.3, 0.4) is 0 Å². The Morgan fingerprint density at radius 3 is 2.75 bits per heavy atom. The zero-order chi connectivity index (χ0) is 11.3. The smallest absolute Gasteiger partial charge is 0.325 e. The van der Waals surface area contributed by atoms with Gasteiger partial charge in [0.2, 0.25) is 0 Å². The van der Waals surface area contributed by atoms with Gasteiger partial charge in [-0.15, -0.1) is 0 Å². The second kappa shape index (κ2) is 3.17. The maximum Gasteiger partial charge on any atom is 0.325 e. The lowest BCUT2D eigenvalue weighted by molar-refractivity contribution is -0.153. The van der Waals surface area contributed by atoms with Crippen LogP contribution in [0.4, 0.5) is 0 Å². The molecular weight excluding hydrogens is 272 g/mol. The lowest BCUT2D eigenvalue weighted by Gasteiger charge is -2.39. The highest BCUT2D eigenvalue weighted by atomic mass is 79.9. The third-order valence-electron chi connectivity index (χ3n) is 3.60. The molecule has 2 aliphatic rings. The normalized spacial score (nSPS) is 31.9. The molecular formula is C12H9BrO3. The van der Waals surface area contributed by atoms with E-state index >= 15 is 0 Å². The van der Waals surface area contributed by atoms with E-state index in [2.05, 4.69) is 15.9 Å². The van der Waals surface area contributed by atoms with Gasteiger partial charge < -0.3 is 4.74 Å². The number of ether oxygens (including phenoxy) is 1. The Balaban J connectivity index is 2.12. The summed E-state index contributed by atoms with van der Waals surface area (Å²) >= 11 is 3.38. The third kappa shape index (κ3) is 1.08. The van der Waals surface area contributed by atoms with E-state index in [4.69, 9.17) is 4.74 Å². The van der Waals surface area contributed by atoms with Gasteiger partial charge in [-0.3, -0.25) is 9.59 Å². The minimum absolute atomic E-state index is 0.269. The van der Waals surface area contributed by atoms with Crippen LogP contribution in [0.15, 0.2) is 28.7 Å². The van der Waals surface area contributed by atoms with Crippen molar-refractivity contribution in [3.05, 3.63) is 34.3 Å². The standard InChI is InChI=1S/C12H9BrO3/c13-8-3-1-2-7(6-8)12-5-4-9(12)10(14)16-11(12)15/h1-3,6,9H,4-5H2. The predicted molar refractivity (Wildman–Crippen MR) is 59.6 cm³/mol. The van der Waals surface area contributed by atoms with Gasteiger partial charge in [-0.2, -0.15) is 0 Å². The van der Waals surface area contributed by atoms with Gasteiger partial charge in [0, 0.05) is 4.47 Å². The Labute approximate surface area is 101 Å². The lowest BCUT2D eigenvalue weighted by Crippen LogP contribution is -2.47. The SMILES string of the molecule is O=C1OC(=O)C2(c3cccc(Br)c3)CCC12. The molecule has 3 rings (SSSR count). The van der Waals surface area contributed by atoms with E-state index in [-0.39, 0.29) is 17.9 Å². The Morgan fingerprint density at radius 1 is 1.38 bits per heavy atom. The first-order valence-electron chi connectivity index (χ1n) is 5.17. The summed E-state index contributed by atoms with van der Waals surface area (Å²) in [5.74, 6) is -1.02. The van der Waals surface area contributed by atoms with E-state index in [1.54, 1.807) is 0 Å². The molecule has 1 aliphatic carbocycles. The zero-order valence-corrected chi connectivity index (χ0v) is 9.99. The lowest BCUT2D eigenvalue weighted by atomic mass is 9.58. The minimum Gasteiger partial charge on any atom is -0.392 e. The summed E-state index contributed by atoms with van der Waals surface area (Å²) in [4.78, 5) is 23.3. The van der Waals surface area contributed by atoms with Crippen molar-refractivity contribution in [2.45, 2.75) is 18.3 Å². The molecule has 0 aromatic heterocycles. The summed E-state index contributed by atoms with van der Waals surface area (Å²) in [7, 11) is 0. The van der Waals surface area contributed by atoms with E-state index in [0.29, 0.717) is 6.42 Å². The molecule has 0 N–H and O–H groups in total. The minimum atomic E-state index is -0.694. The molecule has 0 radical (unpaired) electrons. The van der Waals surface area contributed by atoms with Crippen molar-refractivity contribution in [1.82, 2.24) is 0 Å². The molecule has 1 aromatic carbocycles. The number of rotatable bonds is 1. The van der Waals surface area contributed by atoms with Crippen molar-refractivity contribution in [3.8, 4) is 0 Å². The summed E-state index contributed by atoms with van der Waals surface area (Å²) in [6, 6.07) is 7.55. The van der Waals surface area contributed by atoms with Crippen LogP contribution in [0.25, 0.3) is 0 Å². The summed E-state index contributed by atoms with van der Waals surface area (Å²) in [6.45, 7) is 0. The van der Waals surface area contributed by atoms with E-state index in [9.17, 15) is 9.59 Å². The van der Waals surface area contributed by atoms with Crippen molar-refractivity contribution in [1.29, 1.82) is 0 Å². The van der Waals surface area contributed by atoms with Crippen LogP contribution in [-0.4, -0.2) is 11.9 Å². The Hall–Kier alpha value is -1.16. The molecule has 1 aliphatic heterocycles. The Morgan fingerprint density at radius 2 is 2.19 bits per heavy atom. The first-order valence-corrected chi connectivity index (χ1v) is 5.96. The second-order valence-electron chi connectivity index (χ2n) is 4.28. The molecule has 1 aromatic rings. The number of carbonyl (C=O) groups is 2. The van der Waals surface area contributed by atoms with Crippen LogP contribution in [0.5, 0.6) is 0 Å². The van der Waals surface area contributed by atoms with E-state index < -0.39 is 5.41 Å². The van der Waals surface area contributed by atoms with Crippen LogP contribution < -0.4 is 0 Å². The van der Waals surface area contributed by atoms with Crippen LogP contribution in [-0.2, 0) is 19.7 Å². The van der Waals surface area contributed by atoms with Crippen LogP contribution in [0.1, 0.15) is 18.4 Å². The predicted octanol–water partition coefficient (Wildman–Crippen LogP) is 2.18. The van der Waals surface area contributed by atoms with Crippen LogP contribution in [0, 0.1) is 5.92 Å². The molecule has 0 amide bonds. The van der Waals surface area contributed by atoms with E-state index in [0.717, 1.165) is 16.5 Å². The molecule has 2 atom stereocenters. The third-order valence-corrected chi connectivity index (χ3v) is 4.10. The average molecular weight is 281 g/mol.